The summed E-state index contributed by atoms with van der Waals surface area (Å²) in [4.78, 5) is 0. The van der Waals surface area contributed by atoms with Crippen LogP contribution >= 0.6 is 0 Å². The minimum absolute atomic E-state index is 0.0416. The van der Waals surface area contributed by atoms with Crippen molar-refractivity contribution in [3.05, 3.63) is 65.6 Å². The molecule has 0 aliphatic heterocycles. The maximum absolute atomic E-state index is 13.9. The van der Waals surface area contributed by atoms with E-state index in [1.54, 1.807) is 6.08 Å². The van der Waals surface area contributed by atoms with Crippen LogP contribution in [0.4, 0.5) is 4.39 Å². The van der Waals surface area contributed by atoms with Gasteiger partial charge >= 0.3 is 0 Å². The van der Waals surface area contributed by atoms with Gasteiger partial charge in [-0.05, 0) is 22.8 Å². The van der Waals surface area contributed by atoms with Crippen LogP contribution in [0.15, 0.2) is 60.0 Å². The Hall–Kier alpha value is -1.67. The fourth-order valence-electron chi connectivity index (χ4n) is 1.77. The number of benzene rings is 2. The fraction of sp³-hybridized carbons (Fsp3) is 0.176. The Bertz CT molecular complexity index is 562. The van der Waals surface area contributed by atoms with Crippen LogP contribution in [0, 0.1) is 0 Å². The number of hydrogen-bond donors (Lipinski definition) is 0. The van der Waals surface area contributed by atoms with Crippen LogP contribution in [0.1, 0.15) is 5.56 Å². The van der Waals surface area contributed by atoms with Gasteiger partial charge in [0.15, 0.2) is 0 Å². The minimum Gasteiger partial charge on any atom is -0.217 e. The molecule has 0 amide bonds. The average molecular weight is 270 g/mol. The van der Waals surface area contributed by atoms with Crippen LogP contribution in [0.2, 0.25) is 19.6 Å². The topological polar surface area (TPSA) is 0 Å². The van der Waals surface area contributed by atoms with Crippen LogP contribution in [0.3, 0.4) is 0 Å². The molecule has 0 aliphatic carbocycles. The summed E-state index contributed by atoms with van der Waals surface area (Å²) in [6.07, 6.45) is 1.67. The quantitative estimate of drug-likeness (QED) is 0.642. The van der Waals surface area contributed by atoms with Crippen LogP contribution in [-0.2, 0) is 0 Å². The first-order valence-electron chi connectivity index (χ1n) is 6.50. The Morgan fingerprint density at radius 1 is 0.842 bits per heavy atom. The first kappa shape index (κ1) is 13.8. The summed E-state index contributed by atoms with van der Waals surface area (Å²) in [6, 6.07) is 18.2. The molecule has 98 valence electrons. The third-order valence-electron chi connectivity index (χ3n) is 3.03. The first-order valence-corrected chi connectivity index (χ1v) is 10.00. The molecule has 0 heterocycles. The second kappa shape index (κ2) is 5.53. The van der Waals surface area contributed by atoms with E-state index in [1.807, 2.05) is 62.1 Å². The van der Waals surface area contributed by atoms with Gasteiger partial charge in [-0.3, -0.25) is 0 Å². The van der Waals surface area contributed by atoms with Gasteiger partial charge in [0, 0.05) is 0 Å². The van der Waals surface area contributed by atoms with Crippen molar-refractivity contribution >= 4 is 14.1 Å². The van der Waals surface area contributed by atoms with Gasteiger partial charge in [-0.25, -0.2) is 4.39 Å². The highest BCUT2D eigenvalue weighted by Crippen LogP contribution is 2.22. The van der Waals surface area contributed by atoms with Crippen molar-refractivity contribution < 1.29 is 4.39 Å². The van der Waals surface area contributed by atoms with Crippen LogP contribution in [0.25, 0.3) is 17.2 Å². The van der Waals surface area contributed by atoms with E-state index in [1.165, 1.54) is 5.56 Å². The lowest BCUT2D eigenvalue weighted by Crippen LogP contribution is -2.20. The molecule has 0 fully saturated rings. The Morgan fingerprint density at radius 2 is 1.37 bits per heavy atom. The summed E-state index contributed by atoms with van der Waals surface area (Å²) < 4.78 is 13.9. The monoisotopic (exact) mass is 270 g/mol. The summed E-state index contributed by atoms with van der Waals surface area (Å²) >= 11 is 0. The molecular weight excluding hydrogens is 251 g/mol. The highest BCUT2D eigenvalue weighted by molar-refractivity contribution is 6.83. The molecule has 19 heavy (non-hydrogen) atoms. The number of hydrogen-bond acceptors (Lipinski definition) is 0. The highest BCUT2D eigenvalue weighted by atomic mass is 28.3. The highest BCUT2D eigenvalue weighted by Gasteiger charge is 2.19. The second-order valence-electron chi connectivity index (χ2n) is 5.73. The van der Waals surface area contributed by atoms with Gasteiger partial charge in [-0.1, -0.05) is 74.2 Å². The minimum atomic E-state index is -1.83. The van der Waals surface area contributed by atoms with Gasteiger partial charge in [-0.15, -0.1) is 0 Å². The molecule has 0 bridgehead atoms. The summed E-state index contributed by atoms with van der Waals surface area (Å²) in [5.41, 5.74) is 3.31. The SMILES string of the molecule is C[Si](C)(C)/C(F)=C\c1ccc(-c2ccccc2)cc1. The maximum Gasteiger partial charge on any atom is 0.114 e. The van der Waals surface area contributed by atoms with E-state index < -0.39 is 8.07 Å². The molecule has 0 saturated carbocycles. The predicted molar refractivity (Wildman–Crippen MR) is 84.3 cm³/mol. The zero-order valence-electron chi connectivity index (χ0n) is 11.7. The van der Waals surface area contributed by atoms with Gasteiger partial charge in [0.05, 0.1) is 5.45 Å². The maximum atomic E-state index is 13.9. The summed E-state index contributed by atoms with van der Waals surface area (Å²) in [6.45, 7) is 6.03. The molecule has 2 rings (SSSR count). The lowest BCUT2D eigenvalue weighted by atomic mass is 10.0. The van der Waals surface area contributed by atoms with Crippen LogP contribution < -0.4 is 0 Å². The van der Waals surface area contributed by atoms with E-state index in [0.717, 1.165) is 11.1 Å². The third-order valence-corrected chi connectivity index (χ3v) is 4.60. The molecule has 0 aromatic heterocycles. The van der Waals surface area contributed by atoms with E-state index in [0.29, 0.717) is 0 Å². The molecule has 0 radical (unpaired) electrons. The summed E-state index contributed by atoms with van der Waals surface area (Å²) in [5.74, 6) is 0. The molecule has 0 nitrogen and oxygen atoms in total. The lowest BCUT2D eigenvalue weighted by molar-refractivity contribution is 0.689. The predicted octanol–water partition coefficient (Wildman–Crippen LogP) is 5.54. The summed E-state index contributed by atoms with van der Waals surface area (Å²) in [7, 11) is -1.83. The van der Waals surface area contributed by atoms with Gasteiger partial charge in [-0.2, -0.15) is 0 Å². The molecule has 0 atom stereocenters. The summed E-state index contributed by atoms with van der Waals surface area (Å²) in [5, 5.41) is 0. The van der Waals surface area contributed by atoms with Crippen molar-refractivity contribution in [2.45, 2.75) is 19.6 Å². The molecule has 2 aromatic carbocycles. The zero-order valence-corrected chi connectivity index (χ0v) is 12.7. The lowest BCUT2D eigenvalue weighted by Gasteiger charge is -2.12. The first-order chi connectivity index (χ1) is 8.97. The van der Waals surface area contributed by atoms with Gasteiger partial charge in [0.25, 0.3) is 0 Å². The van der Waals surface area contributed by atoms with E-state index in [2.05, 4.69) is 12.1 Å². The van der Waals surface area contributed by atoms with Crippen molar-refractivity contribution in [2.24, 2.45) is 0 Å². The molecule has 2 aromatic rings. The second-order valence-corrected chi connectivity index (χ2v) is 10.7. The fourth-order valence-corrected chi connectivity index (χ4v) is 2.36. The Kier molecular flexibility index (Phi) is 4.01. The number of halogens is 1. The van der Waals surface area contributed by atoms with E-state index in [9.17, 15) is 4.39 Å². The van der Waals surface area contributed by atoms with Crippen molar-refractivity contribution in [2.75, 3.05) is 0 Å². The number of rotatable bonds is 3. The van der Waals surface area contributed by atoms with E-state index in [-0.39, 0.29) is 5.45 Å². The molecule has 0 saturated heterocycles. The van der Waals surface area contributed by atoms with Crippen molar-refractivity contribution in [3.8, 4) is 11.1 Å². The third kappa shape index (κ3) is 3.64. The largest absolute Gasteiger partial charge is 0.217 e. The average Bonchev–Trinajstić information content (AvgIpc) is 2.39. The van der Waals surface area contributed by atoms with Crippen LogP contribution in [-0.4, -0.2) is 8.07 Å². The Labute approximate surface area is 115 Å². The van der Waals surface area contributed by atoms with Crippen molar-refractivity contribution in [1.29, 1.82) is 0 Å². The van der Waals surface area contributed by atoms with E-state index in [4.69, 9.17) is 0 Å². The Balaban J connectivity index is 2.25. The molecule has 2 heteroatoms. The standard InChI is InChI=1S/C17H19FSi/c1-19(2,3)17(18)13-14-9-11-16(12-10-14)15-7-5-4-6-8-15/h4-13H,1-3H3/b17-13-. The van der Waals surface area contributed by atoms with E-state index >= 15 is 0 Å². The van der Waals surface area contributed by atoms with Gasteiger partial charge in [0.1, 0.15) is 8.07 Å². The van der Waals surface area contributed by atoms with Gasteiger partial charge < -0.3 is 0 Å². The molecule has 0 aliphatic rings. The molecule has 0 spiro atoms. The molecular formula is C17H19FSi. The molecule has 0 N–H and O–H groups in total. The normalized spacial score (nSPS) is 12.5. The smallest absolute Gasteiger partial charge is 0.114 e. The molecule has 0 unspecified atom stereocenters. The van der Waals surface area contributed by atoms with Gasteiger partial charge in [0.2, 0.25) is 0 Å². The van der Waals surface area contributed by atoms with Crippen molar-refractivity contribution in [1.82, 2.24) is 0 Å². The van der Waals surface area contributed by atoms with Crippen molar-refractivity contribution in [3.63, 3.8) is 0 Å². The zero-order chi connectivity index (χ0) is 13.9. The van der Waals surface area contributed by atoms with Crippen LogP contribution in [0.5, 0.6) is 0 Å². The Morgan fingerprint density at radius 3 is 1.89 bits per heavy atom.